The molecule has 96 valence electrons. The molecule has 0 bridgehead atoms. The molecule has 0 heterocycles. The highest BCUT2D eigenvalue weighted by Gasteiger charge is 2.11. The third kappa shape index (κ3) is 4.16. The van der Waals surface area contributed by atoms with E-state index in [1.54, 1.807) is 7.11 Å². The summed E-state index contributed by atoms with van der Waals surface area (Å²) in [6.45, 7) is 1.24. The van der Waals surface area contributed by atoms with Crippen molar-refractivity contribution >= 4 is 17.3 Å². The maximum atomic E-state index is 9.64. The van der Waals surface area contributed by atoms with E-state index in [-0.39, 0.29) is 0 Å². The lowest BCUT2D eigenvalue weighted by Gasteiger charge is -2.23. The van der Waals surface area contributed by atoms with Crippen molar-refractivity contribution in [2.45, 2.75) is 12.6 Å². The van der Waals surface area contributed by atoms with Gasteiger partial charge in [-0.25, -0.2) is 0 Å². The van der Waals surface area contributed by atoms with Crippen LogP contribution in [0.4, 0.5) is 5.69 Å². The van der Waals surface area contributed by atoms with Crippen LogP contribution in [-0.4, -0.2) is 38.5 Å². The Bertz CT molecular complexity index is 360. The van der Waals surface area contributed by atoms with Crippen molar-refractivity contribution in [1.29, 1.82) is 0 Å². The van der Waals surface area contributed by atoms with Crippen LogP contribution in [0.1, 0.15) is 5.56 Å². The van der Waals surface area contributed by atoms with Crippen LogP contribution in [0.5, 0.6) is 0 Å². The molecular weight excluding hydrogens is 240 g/mol. The Kier molecular flexibility index (Phi) is 5.71. The fraction of sp³-hybridized carbons (Fsp3) is 0.500. The van der Waals surface area contributed by atoms with Crippen LogP contribution >= 0.6 is 11.6 Å². The highest BCUT2D eigenvalue weighted by atomic mass is 35.5. The molecule has 0 spiro atoms. The lowest BCUT2D eigenvalue weighted by Crippen LogP contribution is -2.32. The molecule has 5 heteroatoms. The van der Waals surface area contributed by atoms with E-state index in [9.17, 15) is 5.11 Å². The SMILES string of the molecule is COCC(O)CN(C)c1ccc(CN)cc1Cl. The zero-order valence-corrected chi connectivity index (χ0v) is 10.9. The number of anilines is 1. The molecule has 0 radical (unpaired) electrons. The summed E-state index contributed by atoms with van der Waals surface area (Å²) in [5.74, 6) is 0. The van der Waals surface area contributed by atoms with E-state index in [1.807, 2.05) is 30.1 Å². The average molecular weight is 259 g/mol. The lowest BCUT2D eigenvalue weighted by atomic mass is 10.2. The molecule has 1 atom stereocenters. The van der Waals surface area contributed by atoms with E-state index in [4.69, 9.17) is 22.1 Å². The lowest BCUT2D eigenvalue weighted by molar-refractivity contribution is 0.0695. The van der Waals surface area contributed by atoms with E-state index < -0.39 is 6.10 Å². The van der Waals surface area contributed by atoms with Crippen LogP contribution in [0.3, 0.4) is 0 Å². The Labute approximate surface area is 107 Å². The first-order valence-corrected chi connectivity index (χ1v) is 5.83. The van der Waals surface area contributed by atoms with Gasteiger partial charge in [0.1, 0.15) is 0 Å². The number of hydrogen-bond donors (Lipinski definition) is 2. The number of rotatable bonds is 6. The van der Waals surface area contributed by atoms with Gasteiger partial charge in [0.2, 0.25) is 0 Å². The maximum Gasteiger partial charge on any atom is 0.0947 e. The molecule has 0 fully saturated rings. The van der Waals surface area contributed by atoms with Crippen molar-refractivity contribution in [2.24, 2.45) is 5.73 Å². The summed E-state index contributed by atoms with van der Waals surface area (Å²) in [6.07, 6.45) is -0.532. The molecule has 1 unspecified atom stereocenters. The fourth-order valence-corrected chi connectivity index (χ4v) is 1.99. The average Bonchev–Trinajstić information content (AvgIpc) is 2.28. The van der Waals surface area contributed by atoms with Crippen molar-refractivity contribution in [1.82, 2.24) is 0 Å². The van der Waals surface area contributed by atoms with E-state index in [2.05, 4.69) is 0 Å². The standard InChI is InChI=1S/C12H19ClN2O2/c1-15(7-10(16)8-17-2)12-4-3-9(6-14)5-11(12)13/h3-5,10,16H,6-8,14H2,1-2H3. The topological polar surface area (TPSA) is 58.7 Å². The van der Waals surface area contributed by atoms with Crippen molar-refractivity contribution in [3.8, 4) is 0 Å². The normalized spacial score (nSPS) is 12.5. The quantitative estimate of drug-likeness (QED) is 0.806. The van der Waals surface area contributed by atoms with Gasteiger partial charge in [-0.2, -0.15) is 0 Å². The number of methoxy groups -OCH3 is 1. The second kappa shape index (κ2) is 6.81. The molecular formula is C12H19ClN2O2. The van der Waals surface area contributed by atoms with Gasteiger partial charge in [0.15, 0.2) is 0 Å². The van der Waals surface area contributed by atoms with Gasteiger partial charge >= 0.3 is 0 Å². The van der Waals surface area contributed by atoms with Gasteiger partial charge in [-0.3, -0.25) is 0 Å². The van der Waals surface area contributed by atoms with Crippen molar-refractivity contribution in [2.75, 3.05) is 32.2 Å². The molecule has 17 heavy (non-hydrogen) atoms. The molecule has 0 aliphatic rings. The summed E-state index contributed by atoms with van der Waals surface area (Å²) in [5.41, 5.74) is 7.40. The van der Waals surface area contributed by atoms with E-state index in [1.165, 1.54) is 0 Å². The zero-order valence-electron chi connectivity index (χ0n) is 10.2. The van der Waals surface area contributed by atoms with E-state index >= 15 is 0 Å². The van der Waals surface area contributed by atoms with Crippen molar-refractivity contribution < 1.29 is 9.84 Å². The third-order valence-electron chi connectivity index (χ3n) is 2.50. The summed E-state index contributed by atoms with van der Waals surface area (Å²) in [7, 11) is 3.44. The zero-order chi connectivity index (χ0) is 12.8. The largest absolute Gasteiger partial charge is 0.389 e. The van der Waals surface area contributed by atoms with Crippen LogP contribution in [-0.2, 0) is 11.3 Å². The maximum absolute atomic E-state index is 9.64. The number of aliphatic hydroxyl groups excluding tert-OH is 1. The number of hydrogen-bond acceptors (Lipinski definition) is 4. The van der Waals surface area contributed by atoms with Crippen molar-refractivity contribution in [3.63, 3.8) is 0 Å². The first kappa shape index (κ1) is 14.3. The Hall–Kier alpha value is -0.810. The van der Waals surface area contributed by atoms with Gasteiger partial charge in [-0.05, 0) is 17.7 Å². The molecule has 1 rings (SSSR count). The molecule has 1 aromatic carbocycles. The Balaban J connectivity index is 2.71. The molecule has 0 aromatic heterocycles. The number of nitrogens with two attached hydrogens (primary N) is 1. The molecule has 0 aliphatic heterocycles. The van der Waals surface area contributed by atoms with Crippen LogP contribution in [0.15, 0.2) is 18.2 Å². The highest BCUT2D eigenvalue weighted by molar-refractivity contribution is 6.33. The minimum Gasteiger partial charge on any atom is -0.389 e. The molecule has 1 aromatic rings. The number of aliphatic hydroxyl groups is 1. The van der Waals surface area contributed by atoms with Gasteiger partial charge in [0.05, 0.1) is 23.4 Å². The number of nitrogens with zero attached hydrogens (tertiary/aromatic N) is 1. The van der Waals surface area contributed by atoms with Gasteiger partial charge in [0, 0.05) is 27.2 Å². The third-order valence-corrected chi connectivity index (χ3v) is 2.81. The summed E-state index contributed by atoms with van der Waals surface area (Å²) in [4.78, 5) is 1.90. The Morgan fingerprint density at radius 2 is 2.24 bits per heavy atom. The fourth-order valence-electron chi connectivity index (χ4n) is 1.65. The Morgan fingerprint density at radius 1 is 1.53 bits per heavy atom. The van der Waals surface area contributed by atoms with Gasteiger partial charge in [0.25, 0.3) is 0 Å². The van der Waals surface area contributed by atoms with E-state index in [0.717, 1.165) is 11.3 Å². The van der Waals surface area contributed by atoms with Gasteiger partial charge < -0.3 is 20.5 Å². The van der Waals surface area contributed by atoms with Crippen LogP contribution < -0.4 is 10.6 Å². The molecule has 0 aliphatic carbocycles. The predicted octanol–water partition coefficient (Wildman–Crippen LogP) is 1.24. The Morgan fingerprint density at radius 3 is 2.76 bits per heavy atom. The second-order valence-corrected chi connectivity index (χ2v) is 4.39. The van der Waals surface area contributed by atoms with Gasteiger partial charge in [-0.15, -0.1) is 0 Å². The van der Waals surface area contributed by atoms with E-state index in [0.29, 0.717) is 24.7 Å². The number of ether oxygens (including phenoxy) is 1. The highest BCUT2D eigenvalue weighted by Crippen LogP contribution is 2.26. The summed E-state index contributed by atoms with van der Waals surface area (Å²) < 4.78 is 4.88. The molecule has 3 N–H and O–H groups in total. The smallest absolute Gasteiger partial charge is 0.0947 e. The first-order chi connectivity index (χ1) is 8.08. The number of likely N-dealkylation sites (N-methyl/N-ethyl adjacent to an activating group) is 1. The molecule has 0 saturated carbocycles. The van der Waals surface area contributed by atoms with Crippen molar-refractivity contribution in [3.05, 3.63) is 28.8 Å². The summed E-state index contributed by atoms with van der Waals surface area (Å²) in [6, 6.07) is 5.68. The predicted molar refractivity (Wildman–Crippen MR) is 70.5 cm³/mol. The van der Waals surface area contributed by atoms with Crippen LogP contribution in [0.25, 0.3) is 0 Å². The number of halogens is 1. The van der Waals surface area contributed by atoms with Crippen LogP contribution in [0.2, 0.25) is 5.02 Å². The minimum absolute atomic E-state index is 0.308. The summed E-state index contributed by atoms with van der Waals surface area (Å²) >= 11 is 6.15. The number of benzene rings is 1. The monoisotopic (exact) mass is 258 g/mol. The van der Waals surface area contributed by atoms with Crippen LogP contribution in [0, 0.1) is 0 Å². The molecule has 4 nitrogen and oxygen atoms in total. The summed E-state index contributed by atoms with van der Waals surface area (Å²) in [5, 5.41) is 10.3. The minimum atomic E-state index is -0.532. The first-order valence-electron chi connectivity index (χ1n) is 5.45. The van der Waals surface area contributed by atoms with Gasteiger partial charge in [-0.1, -0.05) is 17.7 Å². The molecule has 0 amide bonds. The molecule has 0 saturated heterocycles. The second-order valence-electron chi connectivity index (χ2n) is 3.98.